The summed E-state index contributed by atoms with van der Waals surface area (Å²) in [5.41, 5.74) is 3.61. The Morgan fingerprint density at radius 3 is 2.11 bits per heavy atom. The fourth-order valence-corrected chi connectivity index (χ4v) is 4.03. The molecular weight excluding hydrogens is 509 g/mol. The summed E-state index contributed by atoms with van der Waals surface area (Å²) >= 11 is 6.28. The Hall–Kier alpha value is -4.05. The number of halogens is 5. The average molecular weight is 530 g/mol. The molecule has 0 radical (unpaired) electrons. The number of benzene rings is 3. The predicted octanol–water partition coefficient (Wildman–Crippen LogP) is 5.16. The van der Waals surface area contributed by atoms with Crippen LogP contribution in [0.2, 0.25) is 5.02 Å². The molecule has 5 aromatic rings. The van der Waals surface area contributed by atoms with E-state index in [2.05, 4.69) is 4.99 Å². The molecule has 0 bridgehead atoms. The van der Waals surface area contributed by atoms with E-state index in [0.29, 0.717) is 22.1 Å². The highest BCUT2D eigenvalue weighted by Crippen LogP contribution is 2.23. The lowest BCUT2D eigenvalue weighted by atomic mass is 10.1. The molecule has 0 saturated heterocycles. The zero-order chi connectivity index (χ0) is 26.7. The third kappa shape index (κ3) is 6.03. The van der Waals surface area contributed by atoms with E-state index in [-0.39, 0.29) is 5.56 Å². The molecule has 11 heteroatoms. The Kier molecular flexibility index (Phi) is 7.40. The van der Waals surface area contributed by atoms with Crippen LogP contribution in [0.15, 0.2) is 94.1 Å². The summed E-state index contributed by atoms with van der Waals surface area (Å²) in [6.07, 6.45) is 0. The number of hydrogen-bond donors (Lipinski definition) is 1. The van der Waals surface area contributed by atoms with Gasteiger partial charge in [0.25, 0.3) is 5.69 Å². The van der Waals surface area contributed by atoms with Gasteiger partial charge in [-0.25, -0.2) is 4.68 Å². The maximum Gasteiger partial charge on any atom is 0.673 e. The Balaban J connectivity index is 0.000000586. The van der Waals surface area contributed by atoms with E-state index in [4.69, 9.17) is 16.0 Å². The normalized spacial score (nSPS) is 11.9. The number of nitrogens with zero attached hydrogens (tertiary/aromatic N) is 2. The van der Waals surface area contributed by atoms with Gasteiger partial charge in [-0.05, 0) is 37.3 Å². The number of para-hydroxylation sites is 1. The summed E-state index contributed by atoms with van der Waals surface area (Å²) < 4.78 is 48.7. The quantitative estimate of drug-likeness (QED) is 0.259. The molecule has 0 fully saturated rings. The first-order valence-electron chi connectivity index (χ1n) is 11.1. The van der Waals surface area contributed by atoms with Gasteiger partial charge in [-0.2, -0.15) is 4.99 Å². The van der Waals surface area contributed by atoms with Gasteiger partial charge in [-0.15, -0.1) is 0 Å². The first-order valence-corrected chi connectivity index (χ1v) is 11.5. The largest absolute Gasteiger partial charge is 0.673 e. The minimum atomic E-state index is -6.00. The van der Waals surface area contributed by atoms with Gasteiger partial charge in [-0.3, -0.25) is 9.48 Å². The SMILES string of the molecule is Cc1c([NH+]=c2cc(-c3ccccc3)oc3ccc(Cl)cc23)c(=O)n(-c2ccccc2)n1C.F[B-](F)(F)F. The highest BCUT2D eigenvalue weighted by molar-refractivity contribution is 6.50. The fourth-order valence-electron chi connectivity index (χ4n) is 3.85. The van der Waals surface area contributed by atoms with Crippen molar-refractivity contribution in [2.75, 3.05) is 0 Å². The molecule has 0 unspecified atom stereocenters. The van der Waals surface area contributed by atoms with Gasteiger partial charge in [0, 0.05) is 17.6 Å². The van der Waals surface area contributed by atoms with Crippen molar-refractivity contribution >= 4 is 35.5 Å². The number of fused-ring (bicyclic) bond motifs is 1. The summed E-state index contributed by atoms with van der Waals surface area (Å²) in [5.74, 6) is 0.694. The maximum atomic E-state index is 13.4. The number of hydrogen-bond acceptors (Lipinski definition) is 2. The first kappa shape index (κ1) is 26.0. The van der Waals surface area contributed by atoms with Crippen LogP contribution in [-0.2, 0) is 7.05 Å². The van der Waals surface area contributed by atoms with Crippen LogP contribution in [0.3, 0.4) is 0 Å². The van der Waals surface area contributed by atoms with E-state index >= 15 is 0 Å². The molecule has 0 aliphatic carbocycles. The Morgan fingerprint density at radius 2 is 1.49 bits per heavy atom. The van der Waals surface area contributed by atoms with E-state index in [9.17, 15) is 22.1 Å². The van der Waals surface area contributed by atoms with E-state index in [1.54, 1.807) is 10.7 Å². The minimum absolute atomic E-state index is 0.131. The second kappa shape index (κ2) is 10.5. The minimum Gasteiger partial charge on any atom is -0.456 e. The van der Waals surface area contributed by atoms with Crippen LogP contribution in [0.5, 0.6) is 0 Å². The molecule has 0 aliphatic heterocycles. The molecule has 0 aliphatic rings. The van der Waals surface area contributed by atoms with Gasteiger partial charge in [0.05, 0.1) is 17.1 Å². The van der Waals surface area contributed by atoms with E-state index < -0.39 is 7.25 Å². The summed E-state index contributed by atoms with van der Waals surface area (Å²) in [6, 6.07) is 26.8. The predicted molar refractivity (Wildman–Crippen MR) is 136 cm³/mol. The Morgan fingerprint density at radius 1 is 0.892 bits per heavy atom. The van der Waals surface area contributed by atoms with Crippen LogP contribution < -0.4 is 15.9 Å². The molecule has 190 valence electrons. The number of nitrogens with one attached hydrogen (secondary N) is 1. The maximum absolute atomic E-state index is 13.4. The Bertz CT molecular complexity index is 1670. The van der Waals surface area contributed by atoms with Gasteiger partial charge >= 0.3 is 12.8 Å². The van der Waals surface area contributed by atoms with E-state index in [1.807, 2.05) is 97.5 Å². The highest BCUT2D eigenvalue weighted by atomic mass is 35.5. The molecule has 3 aromatic carbocycles. The van der Waals surface area contributed by atoms with Crippen molar-refractivity contribution in [3.63, 3.8) is 0 Å². The van der Waals surface area contributed by atoms with Crippen LogP contribution >= 0.6 is 11.6 Å². The molecule has 0 amide bonds. The van der Waals surface area contributed by atoms with Gasteiger partial charge in [-0.1, -0.05) is 60.1 Å². The van der Waals surface area contributed by atoms with Crippen LogP contribution in [0, 0.1) is 6.92 Å². The van der Waals surface area contributed by atoms with Gasteiger partial charge < -0.3 is 21.7 Å². The van der Waals surface area contributed by atoms with Crippen molar-refractivity contribution in [2.45, 2.75) is 6.92 Å². The summed E-state index contributed by atoms with van der Waals surface area (Å²) in [6.45, 7) is 1.92. The smallest absolute Gasteiger partial charge is 0.456 e. The molecule has 0 atom stereocenters. The van der Waals surface area contributed by atoms with Crippen molar-refractivity contribution in [3.8, 4) is 17.0 Å². The fraction of sp³-hybridized carbons (Fsp3) is 0.0769. The van der Waals surface area contributed by atoms with Crippen molar-refractivity contribution in [3.05, 3.63) is 111 Å². The van der Waals surface area contributed by atoms with Crippen molar-refractivity contribution in [1.82, 2.24) is 9.36 Å². The lowest BCUT2D eigenvalue weighted by Gasteiger charge is -2.06. The van der Waals surface area contributed by atoms with Crippen LogP contribution in [0.25, 0.3) is 28.0 Å². The highest BCUT2D eigenvalue weighted by Gasteiger charge is 2.21. The monoisotopic (exact) mass is 529 g/mol. The van der Waals surface area contributed by atoms with E-state index in [0.717, 1.165) is 27.7 Å². The molecule has 5 nitrogen and oxygen atoms in total. The van der Waals surface area contributed by atoms with Crippen molar-refractivity contribution in [2.24, 2.45) is 7.05 Å². The zero-order valence-corrected chi connectivity index (χ0v) is 20.5. The van der Waals surface area contributed by atoms with E-state index in [1.165, 1.54) is 0 Å². The molecule has 2 heterocycles. The second-order valence-electron chi connectivity index (χ2n) is 8.09. The zero-order valence-electron chi connectivity index (χ0n) is 19.8. The number of rotatable bonds is 3. The second-order valence-corrected chi connectivity index (χ2v) is 8.52. The van der Waals surface area contributed by atoms with Crippen molar-refractivity contribution < 1.29 is 26.7 Å². The lowest BCUT2D eigenvalue weighted by molar-refractivity contribution is -0.402. The molecule has 1 N–H and O–H groups in total. The Labute approximate surface area is 214 Å². The topological polar surface area (TPSA) is 54.0 Å². The third-order valence-corrected chi connectivity index (χ3v) is 5.83. The van der Waals surface area contributed by atoms with Crippen LogP contribution in [0.4, 0.5) is 23.0 Å². The van der Waals surface area contributed by atoms with Crippen LogP contribution in [-0.4, -0.2) is 16.6 Å². The summed E-state index contributed by atoms with van der Waals surface area (Å²) in [7, 11) is -4.13. The molecule has 0 saturated carbocycles. The number of aromatic nitrogens is 2. The molecular formula is C26H21BClF4N3O2. The summed E-state index contributed by atoms with van der Waals surface area (Å²) in [5, 5.41) is 2.14. The van der Waals surface area contributed by atoms with Gasteiger partial charge in [0.2, 0.25) is 5.36 Å². The lowest BCUT2D eigenvalue weighted by Crippen LogP contribution is -2.72. The first-order chi connectivity index (χ1) is 17.5. The standard InChI is InChI=1S/C26H20ClN3O2.BF4/c1-17-25(26(31)30(29(17)2)20-11-7-4-8-12-20)28-22-16-24(18-9-5-3-6-10-18)32-23-14-13-19(27)15-21(22)23;2-1(3,4)5/h3-16H,1-2H3;/q;-1/p+1. The average Bonchev–Trinajstić information content (AvgIpc) is 3.07. The van der Waals surface area contributed by atoms with Gasteiger partial charge in [0.1, 0.15) is 17.0 Å². The van der Waals surface area contributed by atoms with Crippen LogP contribution in [0.1, 0.15) is 5.69 Å². The van der Waals surface area contributed by atoms with Crippen molar-refractivity contribution in [1.29, 1.82) is 0 Å². The van der Waals surface area contributed by atoms with Gasteiger partial charge in [0.15, 0.2) is 0 Å². The molecule has 0 spiro atoms. The molecule has 37 heavy (non-hydrogen) atoms. The summed E-state index contributed by atoms with van der Waals surface area (Å²) in [4.78, 5) is 16.8. The molecule has 2 aromatic heterocycles. The molecule has 5 rings (SSSR count). The third-order valence-electron chi connectivity index (χ3n) is 5.60.